The largest absolute Gasteiger partial charge is 0.463 e. The number of fused-ring (bicyclic) bond motifs is 1. The number of carbonyl (C=O) groups is 1. The summed E-state index contributed by atoms with van der Waals surface area (Å²) in [5.41, 5.74) is 8.48. The molecule has 30 heavy (non-hydrogen) atoms. The molecule has 0 radical (unpaired) electrons. The number of anilines is 1. The van der Waals surface area contributed by atoms with Crippen molar-refractivity contribution in [1.82, 2.24) is 19.5 Å². The van der Waals surface area contributed by atoms with Crippen molar-refractivity contribution in [3.05, 3.63) is 24.3 Å². The first-order valence-electron chi connectivity index (χ1n) is 10.6. The fourth-order valence-electron chi connectivity index (χ4n) is 4.31. The Balaban J connectivity index is 1.69. The summed E-state index contributed by atoms with van der Waals surface area (Å²) in [5.74, 6) is 1.64. The van der Waals surface area contributed by atoms with Gasteiger partial charge in [-0.1, -0.05) is 18.6 Å². The van der Waals surface area contributed by atoms with Crippen LogP contribution in [0.15, 0.2) is 23.5 Å². The minimum atomic E-state index is -1.38. The van der Waals surface area contributed by atoms with E-state index >= 15 is 0 Å². The molecule has 0 aromatic carbocycles. The summed E-state index contributed by atoms with van der Waals surface area (Å²) in [6, 6.07) is 0.240. The van der Waals surface area contributed by atoms with Gasteiger partial charge < -0.3 is 20.7 Å². The number of carboxylic acid groups (broad SMARTS) is 1. The van der Waals surface area contributed by atoms with Gasteiger partial charge in [-0.05, 0) is 57.3 Å². The highest BCUT2D eigenvalue weighted by Gasteiger charge is 2.26. The van der Waals surface area contributed by atoms with Crippen LogP contribution in [0.3, 0.4) is 0 Å². The van der Waals surface area contributed by atoms with Crippen LogP contribution >= 0.6 is 0 Å². The molecule has 4 rings (SSSR count). The van der Waals surface area contributed by atoms with Crippen molar-refractivity contribution in [2.75, 3.05) is 5.32 Å². The Hall–Kier alpha value is -2.97. The third-order valence-electron chi connectivity index (χ3n) is 6.41. The maximum Gasteiger partial charge on any atom is 0.433 e. The quantitative estimate of drug-likeness (QED) is 0.376. The van der Waals surface area contributed by atoms with E-state index in [-0.39, 0.29) is 17.7 Å². The monoisotopic (exact) mass is 411 g/mol. The SMILES string of the molecule is C=C1CCC(Cn2cnc3nc(C(N)=NC(=O)O)nc(NC(C)C4CCC4)c32)CC1. The number of hydrogen-bond acceptors (Lipinski definition) is 5. The van der Waals surface area contributed by atoms with Gasteiger partial charge in [-0.15, -0.1) is 0 Å². The molecule has 1 amide bonds. The van der Waals surface area contributed by atoms with Crippen LogP contribution in [0.2, 0.25) is 0 Å². The van der Waals surface area contributed by atoms with Crippen molar-refractivity contribution in [3.63, 3.8) is 0 Å². The minimum Gasteiger partial charge on any atom is -0.463 e. The Morgan fingerprint density at radius 1 is 1.37 bits per heavy atom. The molecule has 2 aromatic heterocycles. The smallest absolute Gasteiger partial charge is 0.433 e. The van der Waals surface area contributed by atoms with Gasteiger partial charge >= 0.3 is 6.09 Å². The lowest BCUT2D eigenvalue weighted by Gasteiger charge is -2.32. The second-order valence-electron chi connectivity index (χ2n) is 8.56. The first-order valence-corrected chi connectivity index (χ1v) is 10.6. The number of nitrogens with one attached hydrogen (secondary N) is 1. The number of imidazole rings is 1. The van der Waals surface area contributed by atoms with E-state index < -0.39 is 6.09 Å². The van der Waals surface area contributed by atoms with Gasteiger partial charge in [0, 0.05) is 12.6 Å². The number of amidine groups is 1. The van der Waals surface area contributed by atoms with Gasteiger partial charge in [-0.2, -0.15) is 4.99 Å². The van der Waals surface area contributed by atoms with Crippen LogP contribution in [0.1, 0.15) is 57.7 Å². The van der Waals surface area contributed by atoms with Gasteiger partial charge in [-0.25, -0.2) is 19.7 Å². The second-order valence-corrected chi connectivity index (χ2v) is 8.56. The molecule has 2 aromatic rings. The summed E-state index contributed by atoms with van der Waals surface area (Å²) in [6.45, 7) is 7.10. The number of hydrogen-bond donors (Lipinski definition) is 3. The highest BCUT2D eigenvalue weighted by atomic mass is 16.4. The Labute approximate surface area is 175 Å². The first kappa shape index (κ1) is 20.3. The molecule has 2 fully saturated rings. The lowest BCUT2D eigenvalue weighted by Crippen LogP contribution is -2.32. The van der Waals surface area contributed by atoms with Crippen LogP contribution < -0.4 is 11.1 Å². The molecule has 1 atom stereocenters. The van der Waals surface area contributed by atoms with Crippen molar-refractivity contribution in [2.45, 2.75) is 64.5 Å². The minimum absolute atomic E-state index is 0.0763. The van der Waals surface area contributed by atoms with Crippen molar-refractivity contribution in [1.29, 1.82) is 0 Å². The molecule has 1 unspecified atom stereocenters. The zero-order chi connectivity index (χ0) is 21.3. The molecule has 0 aliphatic heterocycles. The van der Waals surface area contributed by atoms with Crippen LogP contribution in [0.4, 0.5) is 10.6 Å². The Morgan fingerprint density at radius 3 is 2.73 bits per heavy atom. The molecule has 2 aliphatic rings. The number of amides is 1. The Kier molecular flexibility index (Phi) is 5.69. The average Bonchev–Trinajstić information content (AvgIpc) is 3.04. The topological polar surface area (TPSA) is 131 Å². The summed E-state index contributed by atoms with van der Waals surface area (Å²) in [5, 5.41) is 12.4. The zero-order valence-corrected chi connectivity index (χ0v) is 17.3. The average molecular weight is 412 g/mol. The Morgan fingerprint density at radius 2 is 2.10 bits per heavy atom. The van der Waals surface area contributed by atoms with E-state index in [0.29, 0.717) is 23.3 Å². The first-order chi connectivity index (χ1) is 14.4. The van der Waals surface area contributed by atoms with Crippen LogP contribution in [-0.2, 0) is 6.54 Å². The number of rotatable bonds is 6. The molecule has 0 bridgehead atoms. The normalized spacial score (nSPS) is 19.6. The van der Waals surface area contributed by atoms with Gasteiger partial charge in [0.05, 0.1) is 6.33 Å². The number of aliphatic imine (C=N–C) groups is 1. The molecular formula is C21H29N7O2. The summed E-state index contributed by atoms with van der Waals surface area (Å²) in [7, 11) is 0. The van der Waals surface area contributed by atoms with Crippen molar-refractivity contribution in [2.24, 2.45) is 22.6 Å². The van der Waals surface area contributed by atoms with Crippen molar-refractivity contribution in [3.8, 4) is 0 Å². The molecule has 9 nitrogen and oxygen atoms in total. The van der Waals surface area contributed by atoms with E-state index in [4.69, 9.17) is 10.8 Å². The number of nitrogens with two attached hydrogens (primary N) is 1. The maximum atomic E-state index is 10.9. The molecule has 4 N–H and O–H groups in total. The lowest BCUT2D eigenvalue weighted by molar-refractivity contribution is 0.205. The number of nitrogens with zero attached hydrogens (tertiary/aromatic N) is 5. The van der Waals surface area contributed by atoms with Crippen LogP contribution in [0, 0.1) is 11.8 Å². The molecular weight excluding hydrogens is 382 g/mol. The fraction of sp³-hybridized carbons (Fsp3) is 0.571. The number of aromatic nitrogens is 4. The lowest BCUT2D eigenvalue weighted by atomic mass is 9.80. The van der Waals surface area contributed by atoms with Crippen molar-refractivity contribution < 1.29 is 9.90 Å². The van der Waals surface area contributed by atoms with Gasteiger partial charge in [0.2, 0.25) is 0 Å². The van der Waals surface area contributed by atoms with E-state index in [9.17, 15) is 4.79 Å². The van der Waals surface area contributed by atoms with E-state index in [1.807, 2.05) is 0 Å². The second kappa shape index (κ2) is 8.41. The summed E-state index contributed by atoms with van der Waals surface area (Å²) < 4.78 is 2.11. The molecule has 2 saturated carbocycles. The predicted molar refractivity (Wildman–Crippen MR) is 116 cm³/mol. The summed E-state index contributed by atoms with van der Waals surface area (Å²) >= 11 is 0. The van der Waals surface area contributed by atoms with Gasteiger partial charge in [-0.3, -0.25) is 0 Å². The summed E-state index contributed by atoms with van der Waals surface area (Å²) in [4.78, 5) is 27.7. The van der Waals surface area contributed by atoms with Crippen LogP contribution in [-0.4, -0.2) is 42.6 Å². The van der Waals surface area contributed by atoms with E-state index in [2.05, 4.69) is 43.3 Å². The maximum absolute atomic E-state index is 10.9. The molecule has 0 spiro atoms. The van der Waals surface area contributed by atoms with Gasteiger partial charge in [0.1, 0.15) is 5.52 Å². The van der Waals surface area contributed by atoms with Gasteiger partial charge in [0.15, 0.2) is 23.1 Å². The number of allylic oxidation sites excluding steroid dienone is 1. The zero-order valence-electron chi connectivity index (χ0n) is 17.3. The Bertz CT molecular complexity index is 983. The molecule has 2 aliphatic carbocycles. The van der Waals surface area contributed by atoms with Crippen molar-refractivity contribution >= 4 is 28.9 Å². The molecule has 9 heteroatoms. The van der Waals surface area contributed by atoms with Gasteiger partial charge in [0.25, 0.3) is 0 Å². The molecule has 160 valence electrons. The predicted octanol–water partition coefficient (Wildman–Crippen LogP) is 3.56. The highest BCUT2D eigenvalue weighted by molar-refractivity contribution is 6.01. The van der Waals surface area contributed by atoms with Crippen LogP contribution in [0.25, 0.3) is 11.2 Å². The third kappa shape index (κ3) is 4.29. The van der Waals surface area contributed by atoms with E-state index in [1.165, 1.54) is 24.8 Å². The summed E-state index contributed by atoms with van der Waals surface area (Å²) in [6.07, 6.45) is 8.45. The molecule has 0 saturated heterocycles. The van der Waals surface area contributed by atoms with E-state index in [1.54, 1.807) is 6.33 Å². The highest BCUT2D eigenvalue weighted by Crippen LogP contribution is 2.33. The third-order valence-corrected chi connectivity index (χ3v) is 6.41. The molecule has 2 heterocycles. The van der Waals surface area contributed by atoms with E-state index in [0.717, 1.165) is 37.7 Å². The standard InChI is InChI=1S/C21H29N7O2/c1-12-6-8-14(9-7-12)10-28-11-23-18-16(28)19(24-13(2)15-4-3-5-15)27-20(26-18)17(22)25-21(29)30/h11,13-15H,1,3-10H2,2H3,(H2,22,25)(H,29,30)(H,24,26,27). The van der Waals surface area contributed by atoms with Crippen LogP contribution in [0.5, 0.6) is 0 Å². The fourth-order valence-corrected chi connectivity index (χ4v) is 4.31.